The van der Waals surface area contributed by atoms with Gasteiger partial charge in [0.1, 0.15) is 0 Å². The summed E-state index contributed by atoms with van der Waals surface area (Å²) in [6.45, 7) is 6.06. The van der Waals surface area contributed by atoms with E-state index in [4.69, 9.17) is 0 Å². The lowest BCUT2D eigenvalue weighted by Crippen LogP contribution is -2.24. The number of hydrogen-bond acceptors (Lipinski definition) is 3. The Balaban J connectivity index is 0.00000139. The van der Waals surface area contributed by atoms with Crippen LogP contribution in [0, 0.1) is 5.92 Å². The van der Waals surface area contributed by atoms with Crippen LogP contribution in [0.25, 0.3) is 0 Å². The number of nitrogens with one attached hydrogen (secondary N) is 1. The van der Waals surface area contributed by atoms with Crippen LogP contribution in [0.2, 0.25) is 0 Å². The highest BCUT2D eigenvalue weighted by molar-refractivity contribution is 7.18. The van der Waals surface area contributed by atoms with Crippen LogP contribution < -0.4 is 5.32 Å². The number of nitrogens with zero attached hydrogens (tertiary/aromatic N) is 1. The number of thiophene rings is 1. The number of carbonyl (C=O) groups excluding carboxylic acids is 1. The van der Waals surface area contributed by atoms with E-state index in [1.807, 2.05) is 13.8 Å². The van der Waals surface area contributed by atoms with Crippen molar-refractivity contribution in [1.82, 2.24) is 5.32 Å². The van der Waals surface area contributed by atoms with Gasteiger partial charge in [-0.25, -0.2) is 0 Å². The van der Waals surface area contributed by atoms with Crippen LogP contribution in [0.1, 0.15) is 48.2 Å². The molecule has 0 radical (unpaired) electrons. The smallest absolute Gasteiger partial charge is 0.280 e. The molecule has 0 aromatic carbocycles. The summed E-state index contributed by atoms with van der Waals surface area (Å²) >= 11 is 1.26. The lowest BCUT2D eigenvalue weighted by molar-refractivity contribution is 0.0956. The van der Waals surface area contributed by atoms with Gasteiger partial charge in [0.25, 0.3) is 11.6 Å². The molecule has 0 spiro atoms. The second-order valence-corrected chi connectivity index (χ2v) is 7.19. The molecule has 1 unspecified atom stereocenters. The number of alkyl halides is 2. The molecule has 1 aliphatic carbocycles. The number of aliphatic imine (C=N–C) groups is 1. The van der Waals surface area contributed by atoms with E-state index < -0.39 is 5.66 Å². The quantitative estimate of drug-likeness (QED) is 0.567. The van der Waals surface area contributed by atoms with Gasteiger partial charge >= 0.3 is 0 Å². The third kappa shape index (κ3) is 6.40. The summed E-state index contributed by atoms with van der Waals surface area (Å²) in [4.78, 5) is 17.3. The van der Waals surface area contributed by atoms with Gasteiger partial charge in [-0.2, -0.15) is 8.78 Å². The van der Waals surface area contributed by atoms with E-state index in [0.717, 1.165) is 0 Å². The highest BCUT2D eigenvalue weighted by Crippen LogP contribution is 2.31. The van der Waals surface area contributed by atoms with Gasteiger partial charge < -0.3 is 5.32 Å². The lowest BCUT2D eigenvalue weighted by Gasteiger charge is -2.10. The summed E-state index contributed by atoms with van der Waals surface area (Å²) in [7, 11) is 3.06. The predicted molar refractivity (Wildman–Crippen MR) is 102 cm³/mol. The predicted octanol–water partition coefficient (Wildman–Crippen LogP) is 4.75. The fraction of sp³-hybridized carbons (Fsp3) is 0.529. The van der Waals surface area contributed by atoms with Gasteiger partial charge in [-0.1, -0.05) is 23.1 Å². The second-order valence-electron chi connectivity index (χ2n) is 5.38. The molecule has 1 N–H and O–H groups in total. The number of rotatable bonds is 6. The van der Waals surface area contributed by atoms with E-state index in [-0.39, 0.29) is 11.5 Å². The summed E-state index contributed by atoms with van der Waals surface area (Å²) in [6, 6.07) is 3.44. The summed E-state index contributed by atoms with van der Waals surface area (Å²) in [5.41, 5.74) is -2.60. The summed E-state index contributed by atoms with van der Waals surface area (Å²) in [5.74, 6) is 0.502. The maximum atomic E-state index is 13.2. The molecule has 24 heavy (non-hydrogen) atoms. The monoisotopic (exact) mass is 374 g/mol. The molecule has 134 valence electrons. The Hall–Kier alpha value is -1.13. The van der Waals surface area contributed by atoms with E-state index in [9.17, 15) is 13.6 Å². The van der Waals surface area contributed by atoms with Crippen molar-refractivity contribution in [2.24, 2.45) is 10.9 Å². The van der Waals surface area contributed by atoms with Crippen molar-refractivity contribution >= 4 is 32.2 Å². The molecular weight excluding hydrogens is 349 g/mol. The molecule has 1 aromatic rings. The third-order valence-electron chi connectivity index (χ3n) is 3.45. The zero-order chi connectivity index (χ0) is 18.3. The van der Waals surface area contributed by atoms with Crippen LogP contribution in [0.5, 0.6) is 0 Å². The van der Waals surface area contributed by atoms with Crippen LogP contribution in [0.15, 0.2) is 28.8 Å². The zero-order valence-corrected chi connectivity index (χ0v) is 16.5. The molecule has 3 nitrogen and oxygen atoms in total. The van der Waals surface area contributed by atoms with Crippen LogP contribution in [-0.2, 0) is 0 Å². The minimum absolute atomic E-state index is 0.0914. The van der Waals surface area contributed by atoms with Crippen molar-refractivity contribution in [2.45, 2.75) is 39.3 Å². The lowest BCUT2D eigenvalue weighted by atomic mass is 10.2. The van der Waals surface area contributed by atoms with Crippen molar-refractivity contribution < 1.29 is 13.6 Å². The largest absolute Gasteiger partial charge is 0.351 e. The standard InChI is InChI=1S/C15H19F2N2OPS.C2H6/c1-9(15(16,17)21)7-11(18-2)12-5-6-13(22-12)14(20)19-8-10-3-4-10;1-2/h5-7,10H,3-4,8,21H2,1-2H3,(H,19,20);1-2H3/b9-7+,18-11?;. The van der Waals surface area contributed by atoms with Crippen molar-refractivity contribution in [3.05, 3.63) is 33.5 Å². The minimum Gasteiger partial charge on any atom is -0.351 e. The summed E-state index contributed by atoms with van der Waals surface area (Å²) in [6.07, 6.45) is 3.70. The maximum absolute atomic E-state index is 13.2. The van der Waals surface area contributed by atoms with Gasteiger partial charge in [-0.05, 0) is 43.9 Å². The molecular formula is C17H25F2N2OPS. The van der Waals surface area contributed by atoms with E-state index in [0.29, 0.717) is 27.9 Å². The second kappa shape index (κ2) is 9.38. The van der Waals surface area contributed by atoms with Crippen LogP contribution in [0.4, 0.5) is 8.78 Å². The number of amides is 1. The fourth-order valence-corrected chi connectivity index (χ4v) is 2.80. The fourth-order valence-electron chi connectivity index (χ4n) is 1.79. The number of hydrogen-bond donors (Lipinski definition) is 1. The first-order valence-electron chi connectivity index (χ1n) is 8.02. The van der Waals surface area contributed by atoms with Crippen LogP contribution >= 0.6 is 20.6 Å². The Kier molecular flexibility index (Phi) is 8.17. The molecule has 1 atom stereocenters. The topological polar surface area (TPSA) is 41.5 Å². The molecule has 1 heterocycles. The van der Waals surface area contributed by atoms with E-state index in [1.54, 1.807) is 19.2 Å². The zero-order valence-electron chi connectivity index (χ0n) is 14.5. The Morgan fingerprint density at radius 1 is 1.42 bits per heavy atom. The average Bonchev–Trinajstić information content (AvgIpc) is 3.25. The van der Waals surface area contributed by atoms with Gasteiger partial charge in [0, 0.05) is 19.2 Å². The SMILES string of the molecule is CC.CN=C(/C=C(\C)C(F)(F)P)c1ccc(C(=O)NCC2CC2)s1. The first-order valence-corrected chi connectivity index (χ1v) is 9.41. The molecule has 0 saturated heterocycles. The number of carbonyl (C=O) groups is 1. The van der Waals surface area contributed by atoms with Crippen molar-refractivity contribution in [2.75, 3.05) is 13.6 Å². The Morgan fingerprint density at radius 3 is 2.50 bits per heavy atom. The normalized spacial score (nSPS) is 15.6. The van der Waals surface area contributed by atoms with Crippen molar-refractivity contribution in [3.63, 3.8) is 0 Å². The van der Waals surface area contributed by atoms with Crippen LogP contribution in [-0.4, -0.2) is 30.9 Å². The molecule has 7 heteroatoms. The van der Waals surface area contributed by atoms with Gasteiger partial charge in [-0.15, -0.1) is 11.3 Å². The number of halogens is 2. The first-order chi connectivity index (χ1) is 11.3. The Morgan fingerprint density at radius 2 is 2.00 bits per heavy atom. The maximum Gasteiger partial charge on any atom is 0.280 e. The van der Waals surface area contributed by atoms with E-state index >= 15 is 0 Å². The molecule has 1 aliphatic rings. The molecule has 1 fully saturated rings. The van der Waals surface area contributed by atoms with Crippen molar-refractivity contribution in [1.29, 1.82) is 0 Å². The van der Waals surface area contributed by atoms with Gasteiger partial charge in [0.2, 0.25) is 0 Å². The molecule has 1 saturated carbocycles. The van der Waals surface area contributed by atoms with E-state index in [2.05, 4.69) is 10.3 Å². The van der Waals surface area contributed by atoms with Gasteiger partial charge in [0.15, 0.2) is 0 Å². The Bertz CT molecular complexity index is 616. The summed E-state index contributed by atoms with van der Waals surface area (Å²) in [5, 5.41) is 2.89. The molecule has 0 aliphatic heterocycles. The van der Waals surface area contributed by atoms with E-state index in [1.165, 1.54) is 46.4 Å². The number of allylic oxidation sites excluding steroid dienone is 2. The van der Waals surface area contributed by atoms with Crippen molar-refractivity contribution in [3.8, 4) is 0 Å². The Labute approximate surface area is 148 Å². The van der Waals surface area contributed by atoms with Gasteiger partial charge in [-0.3, -0.25) is 9.79 Å². The first kappa shape index (κ1) is 20.9. The molecule has 2 rings (SSSR count). The summed E-state index contributed by atoms with van der Waals surface area (Å²) < 4.78 is 26.4. The molecule has 1 aromatic heterocycles. The molecule has 1 amide bonds. The highest BCUT2D eigenvalue weighted by Gasteiger charge is 2.25. The van der Waals surface area contributed by atoms with Gasteiger partial charge in [0.05, 0.1) is 15.5 Å². The minimum atomic E-state index is -2.96. The van der Waals surface area contributed by atoms with Crippen LogP contribution in [0.3, 0.4) is 0 Å². The third-order valence-corrected chi connectivity index (χ3v) is 5.01. The highest BCUT2D eigenvalue weighted by atomic mass is 32.1. The molecule has 0 bridgehead atoms. The average molecular weight is 374 g/mol.